The second-order valence-electron chi connectivity index (χ2n) is 10.6. The summed E-state index contributed by atoms with van der Waals surface area (Å²) >= 11 is 0. The normalized spacial score (nSPS) is 34.2. The first-order chi connectivity index (χ1) is 15.1. The van der Waals surface area contributed by atoms with Crippen LogP contribution < -0.4 is 0 Å². The van der Waals surface area contributed by atoms with Gasteiger partial charge in [-0.1, -0.05) is 36.4 Å². The molecule has 0 spiro atoms. The Morgan fingerprint density at radius 1 is 0.742 bits per heavy atom. The van der Waals surface area contributed by atoms with Gasteiger partial charge in [-0.15, -0.1) is 0 Å². The maximum absolute atomic E-state index is 14.0. The standard InChI is InChI=1S/C29H36F2/c1-2-3-19-4-5-25-17-23(11-10-22(25)16-19)20-6-8-21(9-7-20)24-12-14-27-26(18-24)13-15-28(30)29(27)31/h2-3,12-15,18-23,25H,4-11,16-17H2,1H3/b3-2+. The zero-order chi connectivity index (χ0) is 21.4. The Balaban J connectivity index is 1.19. The fourth-order valence-corrected chi connectivity index (χ4v) is 7.30. The van der Waals surface area contributed by atoms with Gasteiger partial charge in [-0.25, -0.2) is 8.78 Å². The van der Waals surface area contributed by atoms with E-state index in [9.17, 15) is 8.78 Å². The van der Waals surface area contributed by atoms with E-state index < -0.39 is 11.6 Å². The topological polar surface area (TPSA) is 0 Å². The van der Waals surface area contributed by atoms with Gasteiger partial charge >= 0.3 is 0 Å². The minimum absolute atomic E-state index is 0.401. The van der Waals surface area contributed by atoms with Crippen LogP contribution in [0.3, 0.4) is 0 Å². The molecule has 2 heteroatoms. The van der Waals surface area contributed by atoms with Crippen LogP contribution >= 0.6 is 0 Å². The lowest BCUT2D eigenvalue weighted by Gasteiger charge is -2.45. The van der Waals surface area contributed by atoms with Gasteiger partial charge in [0, 0.05) is 5.39 Å². The summed E-state index contributed by atoms with van der Waals surface area (Å²) < 4.78 is 27.5. The van der Waals surface area contributed by atoms with Crippen LogP contribution in [0.25, 0.3) is 10.8 Å². The van der Waals surface area contributed by atoms with Gasteiger partial charge in [-0.2, -0.15) is 0 Å². The SMILES string of the molecule is C/C=C/C1CCC2CC(C3CCC(c4ccc5c(F)c(F)ccc5c4)CC3)CCC2C1. The van der Waals surface area contributed by atoms with Crippen LogP contribution in [0.15, 0.2) is 42.5 Å². The third-order valence-corrected chi connectivity index (χ3v) is 9.00. The third-order valence-electron chi connectivity index (χ3n) is 9.00. The molecule has 3 fully saturated rings. The molecule has 0 saturated heterocycles. The van der Waals surface area contributed by atoms with Gasteiger partial charge in [0.25, 0.3) is 0 Å². The van der Waals surface area contributed by atoms with E-state index in [1.54, 1.807) is 12.1 Å². The molecule has 0 radical (unpaired) electrons. The number of halogens is 2. The molecule has 5 rings (SSSR count). The maximum Gasteiger partial charge on any atom is 0.166 e. The van der Waals surface area contributed by atoms with Crippen LogP contribution in [0.5, 0.6) is 0 Å². The predicted molar refractivity (Wildman–Crippen MR) is 125 cm³/mol. The predicted octanol–water partition coefficient (Wildman–Crippen LogP) is 8.80. The highest BCUT2D eigenvalue weighted by molar-refractivity contribution is 5.84. The number of rotatable bonds is 3. The Kier molecular flexibility index (Phi) is 6.17. The molecule has 0 bridgehead atoms. The first-order valence-corrected chi connectivity index (χ1v) is 12.6. The first kappa shape index (κ1) is 21.2. The van der Waals surface area contributed by atoms with Gasteiger partial charge in [-0.3, -0.25) is 0 Å². The zero-order valence-corrected chi connectivity index (χ0v) is 18.8. The highest BCUT2D eigenvalue weighted by atomic mass is 19.2. The van der Waals surface area contributed by atoms with E-state index in [-0.39, 0.29) is 0 Å². The van der Waals surface area contributed by atoms with Crippen molar-refractivity contribution in [2.24, 2.45) is 29.6 Å². The van der Waals surface area contributed by atoms with E-state index in [2.05, 4.69) is 25.1 Å². The first-order valence-electron chi connectivity index (χ1n) is 12.6. The van der Waals surface area contributed by atoms with E-state index in [1.165, 1.54) is 75.8 Å². The number of hydrogen-bond acceptors (Lipinski definition) is 0. The molecule has 0 aliphatic heterocycles. The Morgan fingerprint density at radius 2 is 1.42 bits per heavy atom. The molecule has 2 aromatic rings. The molecule has 166 valence electrons. The second-order valence-corrected chi connectivity index (χ2v) is 10.6. The zero-order valence-electron chi connectivity index (χ0n) is 18.8. The van der Waals surface area contributed by atoms with Crippen LogP contribution in [0.2, 0.25) is 0 Å². The van der Waals surface area contributed by atoms with Crippen molar-refractivity contribution in [2.45, 2.75) is 77.0 Å². The van der Waals surface area contributed by atoms with Crippen molar-refractivity contribution < 1.29 is 8.78 Å². The third kappa shape index (κ3) is 4.32. The number of hydrogen-bond donors (Lipinski definition) is 0. The average molecular weight is 423 g/mol. The van der Waals surface area contributed by atoms with Gasteiger partial charge in [0.2, 0.25) is 0 Å². The van der Waals surface area contributed by atoms with Gasteiger partial charge in [0.15, 0.2) is 11.6 Å². The fourth-order valence-electron chi connectivity index (χ4n) is 7.30. The lowest BCUT2D eigenvalue weighted by molar-refractivity contribution is 0.0719. The summed E-state index contributed by atoms with van der Waals surface area (Å²) in [6, 6.07) is 8.87. The van der Waals surface area contributed by atoms with Crippen LogP contribution in [0, 0.1) is 41.2 Å². The number of allylic oxidation sites excluding steroid dienone is 2. The van der Waals surface area contributed by atoms with Crippen LogP contribution in [0.4, 0.5) is 8.78 Å². The molecule has 4 unspecified atom stereocenters. The number of fused-ring (bicyclic) bond motifs is 2. The molecule has 0 aromatic heterocycles. The van der Waals surface area contributed by atoms with Gasteiger partial charge in [0.1, 0.15) is 0 Å². The van der Waals surface area contributed by atoms with Crippen molar-refractivity contribution >= 4 is 10.8 Å². The monoisotopic (exact) mass is 422 g/mol. The van der Waals surface area contributed by atoms with E-state index >= 15 is 0 Å². The van der Waals surface area contributed by atoms with Gasteiger partial charge in [-0.05, 0) is 124 Å². The molecule has 31 heavy (non-hydrogen) atoms. The quantitative estimate of drug-likeness (QED) is 0.434. The summed E-state index contributed by atoms with van der Waals surface area (Å²) in [6.07, 6.45) is 18.5. The largest absolute Gasteiger partial charge is 0.204 e. The van der Waals surface area contributed by atoms with E-state index in [0.29, 0.717) is 11.3 Å². The summed E-state index contributed by atoms with van der Waals surface area (Å²) in [5, 5.41) is 1.23. The minimum atomic E-state index is -0.759. The average Bonchev–Trinajstić information content (AvgIpc) is 2.81. The van der Waals surface area contributed by atoms with E-state index in [4.69, 9.17) is 0 Å². The fraction of sp³-hybridized carbons (Fsp3) is 0.586. The molecule has 0 amide bonds. The highest BCUT2D eigenvalue weighted by Gasteiger charge is 2.38. The van der Waals surface area contributed by atoms with Crippen LogP contribution in [-0.4, -0.2) is 0 Å². The minimum Gasteiger partial charge on any atom is -0.204 e. The lowest BCUT2D eigenvalue weighted by atomic mass is 9.61. The van der Waals surface area contributed by atoms with Crippen molar-refractivity contribution in [3.8, 4) is 0 Å². The maximum atomic E-state index is 14.0. The molecule has 2 aromatic carbocycles. The smallest absolute Gasteiger partial charge is 0.166 e. The summed E-state index contributed by atoms with van der Waals surface area (Å²) in [5.74, 6) is 3.73. The van der Waals surface area contributed by atoms with E-state index in [1.807, 2.05) is 6.07 Å². The van der Waals surface area contributed by atoms with Crippen molar-refractivity contribution in [3.05, 3.63) is 59.7 Å². The van der Waals surface area contributed by atoms with Crippen LogP contribution in [-0.2, 0) is 0 Å². The molecule has 0 N–H and O–H groups in total. The van der Waals surface area contributed by atoms with Crippen molar-refractivity contribution in [1.82, 2.24) is 0 Å². The van der Waals surface area contributed by atoms with Crippen LogP contribution in [0.1, 0.15) is 82.6 Å². The molecule has 3 aliphatic rings. The molecule has 0 heterocycles. The molecular formula is C29H36F2. The second kappa shape index (κ2) is 9.04. The Morgan fingerprint density at radius 3 is 2.19 bits per heavy atom. The molecule has 4 atom stereocenters. The van der Waals surface area contributed by atoms with Crippen molar-refractivity contribution in [3.63, 3.8) is 0 Å². The lowest BCUT2D eigenvalue weighted by Crippen LogP contribution is -2.34. The van der Waals surface area contributed by atoms with Crippen molar-refractivity contribution in [2.75, 3.05) is 0 Å². The molecule has 0 nitrogen and oxygen atoms in total. The number of benzene rings is 2. The summed E-state index contributed by atoms with van der Waals surface area (Å²) in [4.78, 5) is 0. The molecule has 3 saturated carbocycles. The summed E-state index contributed by atoms with van der Waals surface area (Å²) in [5.41, 5.74) is 1.31. The highest BCUT2D eigenvalue weighted by Crippen LogP contribution is 2.50. The van der Waals surface area contributed by atoms with Crippen molar-refractivity contribution in [1.29, 1.82) is 0 Å². The van der Waals surface area contributed by atoms with E-state index in [0.717, 1.165) is 35.0 Å². The Labute approximate surface area is 186 Å². The molecular weight excluding hydrogens is 386 g/mol. The summed E-state index contributed by atoms with van der Waals surface area (Å²) in [7, 11) is 0. The Hall–Kier alpha value is -1.70. The van der Waals surface area contributed by atoms with Gasteiger partial charge < -0.3 is 0 Å². The Bertz CT molecular complexity index is 937. The molecule has 3 aliphatic carbocycles. The van der Waals surface area contributed by atoms with Gasteiger partial charge in [0.05, 0.1) is 0 Å². The summed E-state index contributed by atoms with van der Waals surface area (Å²) in [6.45, 7) is 2.16.